The minimum absolute atomic E-state index is 0.0518. The Bertz CT molecular complexity index is 2450. The van der Waals surface area contributed by atoms with Crippen molar-refractivity contribution in [1.29, 1.82) is 0 Å². The molecule has 2 aromatic heterocycles. The molecule has 0 bridgehead atoms. The van der Waals surface area contributed by atoms with Crippen LogP contribution in [0.5, 0.6) is 0 Å². The van der Waals surface area contributed by atoms with E-state index in [4.69, 9.17) is 9.47 Å². The summed E-state index contributed by atoms with van der Waals surface area (Å²) >= 11 is 0. The van der Waals surface area contributed by atoms with Crippen LogP contribution in [0.1, 0.15) is 22.3 Å². The molecule has 1 saturated heterocycles. The number of hydrogen-bond acceptors (Lipinski definition) is 8. The Hall–Kier alpha value is -5.36. The van der Waals surface area contributed by atoms with Crippen molar-refractivity contribution in [3.05, 3.63) is 132 Å². The molecule has 6 aromatic rings. The lowest BCUT2D eigenvalue weighted by Gasteiger charge is -2.30. The highest BCUT2D eigenvalue weighted by atomic mass is 32.2. The van der Waals surface area contributed by atoms with Crippen LogP contribution in [0.2, 0.25) is 0 Å². The summed E-state index contributed by atoms with van der Waals surface area (Å²) in [4.78, 5) is 38.3. The molecule has 4 N–H and O–H groups in total. The average Bonchev–Trinajstić information content (AvgIpc) is 3.84. The molecule has 16 heteroatoms. The molecule has 14 nitrogen and oxygen atoms in total. The lowest BCUT2D eigenvalue weighted by molar-refractivity contribution is -0.136. The predicted molar refractivity (Wildman–Crippen MR) is 229 cm³/mol. The molecule has 60 heavy (non-hydrogen) atoms. The highest BCUT2D eigenvalue weighted by Gasteiger charge is 2.32. The van der Waals surface area contributed by atoms with Crippen molar-refractivity contribution in [2.75, 3.05) is 52.6 Å². The number of amides is 2. The number of fused-ring (bicyclic) bond motifs is 2. The molecule has 0 radical (unpaired) electrons. The maximum Gasteiger partial charge on any atom is 0.241 e. The zero-order chi connectivity index (χ0) is 42.3. The fraction of sp³-hybridized carbons (Fsp3) is 0.318. The summed E-state index contributed by atoms with van der Waals surface area (Å²) in [6.45, 7) is 4.63. The van der Waals surface area contributed by atoms with E-state index < -0.39 is 43.9 Å². The number of hydrogen-bond donors (Lipinski definition) is 4. The molecule has 0 unspecified atom stereocenters. The van der Waals surface area contributed by atoms with Crippen LogP contribution >= 0.6 is 0 Å². The number of nitrogens with zero attached hydrogens (tertiary/aromatic N) is 2. The number of aryl methyl sites for hydroxylation is 2. The van der Waals surface area contributed by atoms with Crippen LogP contribution in [0.15, 0.2) is 119 Å². The lowest BCUT2D eigenvalue weighted by Crippen LogP contribution is -2.52. The number of ether oxygens (including phenoxy) is 2. The van der Waals surface area contributed by atoms with Crippen LogP contribution in [-0.4, -0.2) is 113 Å². The first-order chi connectivity index (χ1) is 28.9. The second-order valence-electron chi connectivity index (χ2n) is 15.0. The minimum atomic E-state index is -4.09. The Kier molecular flexibility index (Phi) is 13.5. The summed E-state index contributed by atoms with van der Waals surface area (Å²) in [6, 6.07) is 25.8. The Morgan fingerprint density at radius 2 is 0.917 bits per heavy atom. The van der Waals surface area contributed by atoms with Crippen LogP contribution in [0.3, 0.4) is 0 Å². The lowest BCUT2D eigenvalue weighted by atomic mass is 10.0. The van der Waals surface area contributed by atoms with Crippen molar-refractivity contribution in [3.8, 4) is 0 Å². The summed E-state index contributed by atoms with van der Waals surface area (Å²) in [6.07, 6.45) is 3.77. The number of aromatic nitrogens is 2. The summed E-state index contributed by atoms with van der Waals surface area (Å²) < 4.78 is 72.1. The maximum atomic E-state index is 14.4. The first kappa shape index (κ1) is 42.8. The van der Waals surface area contributed by atoms with Crippen LogP contribution < -0.4 is 9.44 Å². The van der Waals surface area contributed by atoms with Gasteiger partial charge in [-0.05, 0) is 74.2 Å². The number of benzene rings is 4. The predicted octanol–water partition coefficient (Wildman–Crippen LogP) is 4.45. The molecular formula is C44H50N6O8S2. The summed E-state index contributed by atoms with van der Waals surface area (Å²) in [5.74, 6) is -0.865. The van der Waals surface area contributed by atoms with Gasteiger partial charge in [-0.25, -0.2) is 16.8 Å². The van der Waals surface area contributed by atoms with E-state index in [9.17, 15) is 26.4 Å². The third kappa shape index (κ3) is 10.3. The number of carbonyl (C=O) groups excluding carboxylic acids is 2. The number of para-hydroxylation sites is 2. The van der Waals surface area contributed by atoms with Crippen molar-refractivity contribution in [2.45, 2.75) is 48.6 Å². The number of aromatic amines is 2. The molecule has 1 fully saturated rings. The zero-order valence-electron chi connectivity index (χ0n) is 33.6. The first-order valence-electron chi connectivity index (χ1n) is 19.9. The molecule has 7 rings (SSSR count). The van der Waals surface area contributed by atoms with Crippen LogP contribution in [0.25, 0.3) is 21.8 Å². The largest absolute Gasteiger partial charge is 0.378 e. The van der Waals surface area contributed by atoms with Crippen LogP contribution in [-0.2, 0) is 52.0 Å². The fourth-order valence-corrected chi connectivity index (χ4v) is 9.73. The van der Waals surface area contributed by atoms with Crippen LogP contribution in [0, 0.1) is 13.8 Å². The minimum Gasteiger partial charge on any atom is -0.378 e. The van der Waals surface area contributed by atoms with Gasteiger partial charge in [0.15, 0.2) is 0 Å². The van der Waals surface area contributed by atoms with Crippen molar-refractivity contribution in [2.24, 2.45) is 0 Å². The van der Waals surface area contributed by atoms with E-state index in [0.29, 0.717) is 0 Å². The first-order valence-corrected chi connectivity index (χ1v) is 22.9. The molecule has 4 aromatic carbocycles. The van der Waals surface area contributed by atoms with Gasteiger partial charge in [-0.1, -0.05) is 71.8 Å². The van der Waals surface area contributed by atoms with Crippen molar-refractivity contribution in [1.82, 2.24) is 29.2 Å². The monoisotopic (exact) mass is 854 g/mol. The van der Waals surface area contributed by atoms with Crippen molar-refractivity contribution >= 4 is 53.7 Å². The number of carbonyl (C=O) groups is 2. The third-order valence-corrected chi connectivity index (χ3v) is 13.7. The Morgan fingerprint density at radius 1 is 0.567 bits per heavy atom. The Morgan fingerprint density at radius 3 is 1.28 bits per heavy atom. The highest BCUT2D eigenvalue weighted by Crippen LogP contribution is 2.23. The molecular weight excluding hydrogens is 805 g/mol. The van der Waals surface area contributed by atoms with Crippen LogP contribution in [0.4, 0.5) is 0 Å². The Labute approximate surface area is 350 Å². The maximum absolute atomic E-state index is 14.4. The number of rotatable bonds is 12. The molecule has 2 atom stereocenters. The number of nitrogens with one attached hydrogen (secondary N) is 4. The molecule has 1 aliphatic heterocycles. The molecule has 0 spiro atoms. The van der Waals surface area contributed by atoms with Gasteiger partial charge >= 0.3 is 0 Å². The van der Waals surface area contributed by atoms with E-state index in [-0.39, 0.29) is 75.2 Å². The van der Waals surface area contributed by atoms with Gasteiger partial charge in [0.2, 0.25) is 31.9 Å². The molecule has 3 heterocycles. The van der Waals surface area contributed by atoms with E-state index >= 15 is 0 Å². The SMILES string of the molecule is Cc1ccc(S(=O)(=O)N[C@H](Cc2c[nH]c3ccccc23)C(=O)N2CCOCCN(C(=O)[C@@H](Cc3c[nH]c4ccccc34)NS(=O)(=O)c3ccc(C)cc3)CCOCC2)cc1. The van der Waals surface area contributed by atoms with E-state index in [0.717, 1.165) is 44.1 Å². The van der Waals surface area contributed by atoms with Gasteiger partial charge in [0.05, 0.1) is 36.2 Å². The van der Waals surface area contributed by atoms with E-state index in [1.54, 1.807) is 46.5 Å². The summed E-state index contributed by atoms with van der Waals surface area (Å²) in [5.41, 5.74) is 5.11. The quantitative estimate of drug-likeness (QED) is 0.139. The average molecular weight is 855 g/mol. The normalized spacial score (nSPS) is 16.0. The fourth-order valence-electron chi connectivity index (χ4n) is 7.35. The third-order valence-electron chi connectivity index (χ3n) is 10.7. The molecule has 2 amide bonds. The second kappa shape index (κ2) is 18.9. The zero-order valence-corrected chi connectivity index (χ0v) is 35.2. The molecule has 0 aliphatic carbocycles. The highest BCUT2D eigenvalue weighted by molar-refractivity contribution is 7.89. The smallest absolute Gasteiger partial charge is 0.241 e. The topological polar surface area (TPSA) is 183 Å². The molecule has 316 valence electrons. The van der Waals surface area contributed by atoms with E-state index in [2.05, 4.69) is 19.4 Å². The van der Waals surface area contributed by atoms with E-state index in [1.165, 1.54) is 24.3 Å². The molecule has 1 aliphatic rings. The van der Waals surface area contributed by atoms with Crippen molar-refractivity contribution < 1.29 is 35.9 Å². The summed E-state index contributed by atoms with van der Waals surface area (Å²) in [5, 5.41) is 1.77. The van der Waals surface area contributed by atoms with Gasteiger partial charge in [0.25, 0.3) is 0 Å². The van der Waals surface area contributed by atoms with Gasteiger partial charge < -0.3 is 29.2 Å². The second-order valence-corrected chi connectivity index (χ2v) is 18.4. The van der Waals surface area contributed by atoms with Gasteiger partial charge in [-0.15, -0.1) is 0 Å². The van der Waals surface area contributed by atoms with Crippen molar-refractivity contribution in [3.63, 3.8) is 0 Å². The van der Waals surface area contributed by atoms with Gasteiger partial charge in [-0.2, -0.15) is 9.44 Å². The van der Waals surface area contributed by atoms with Gasteiger partial charge in [0.1, 0.15) is 12.1 Å². The van der Waals surface area contributed by atoms with E-state index in [1.807, 2.05) is 62.4 Å². The standard InChI is InChI=1S/C44H50N6O8S2/c1-31-11-15-35(16-12-31)59(53,54)47-41(27-33-29-45-39-9-5-3-7-37(33)39)43(51)49-19-23-57-25-21-50(22-26-58-24-20-49)44(52)42(28-34-30-46-40-10-6-4-8-38(34)40)48-60(55,56)36-17-13-32(2)14-18-36/h3-18,29-30,41-42,45-48H,19-28H2,1-2H3/t41-,42-/m1/s1. The molecule has 0 saturated carbocycles. The Balaban J connectivity index is 1.05. The number of H-pyrrole nitrogens is 2. The number of sulfonamides is 2. The van der Waals surface area contributed by atoms with Gasteiger partial charge in [-0.3, -0.25) is 9.59 Å². The van der Waals surface area contributed by atoms with Gasteiger partial charge in [0, 0.05) is 60.4 Å². The summed E-state index contributed by atoms with van der Waals surface area (Å²) in [7, 11) is -8.17.